The van der Waals surface area contributed by atoms with Gasteiger partial charge in [0, 0.05) is 30.2 Å². The molecule has 0 unspecified atom stereocenters. The summed E-state index contributed by atoms with van der Waals surface area (Å²) in [5.41, 5.74) is 0.0499. The number of likely N-dealkylation sites (tertiary alicyclic amines) is 1. The fourth-order valence-electron chi connectivity index (χ4n) is 3.42. The molecular formula is C19H23ClFN3O5S. The average molecular weight is 460 g/mol. The first-order chi connectivity index (χ1) is 14.2. The highest BCUT2D eigenvalue weighted by atomic mass is 35.5. The second kappa shape index (κ2) is 9.42. The molecule has 0 saturated carbocycles. The fourth-order valence-corrected chi connectivity index (χ4v) is 4.64. The van der Waals surface area contributed by atoms with Crippen LogP contribution in [0.1, 0.15) is 18.9 Å². The smallest absolute Gasteiger partial charge is 0.245 e. The summed E-state index contributed by atoms with van der Waals surface area (Å²) in [5.74, 6) is -1.69. The van der Waals surface area contributed by atoms with E-state index in [4.69, 9.17) is 16.3 Å². The zero-order valence-electron chi connectivity index (χ0n) is 16.4. The van der Waals surface area contributed by atoms with Gasteiger partial charge in [-0.15, -0.1) is 0 Å². The molecule has 2 aliphatic heterocycles. The first-order valence-corrected chi connectivity index (χ1v) is 11.4. The predicted molar refractivity (Wildman–Crippen MR) is 110 cm³/mol. The van der Waals surface area contributed by atoms with Crippen LogP contribution in [0.25, 0.3) is 5.83 Å². The average Bonchev–Trinajstić information content (AvgIpc) is 3.07. The van der Waals surface area contributed by atoms with Gasteiger partial charge in [0.15, 0.2) is 0 Å². The monoisotopic (exact) mass is 459 g/mol. The molecule has 0 aliphatic carbocycles. The Hall–Kier alpha value is -2.01. The van der Waals surface area contributed by atoms with E-state index in [1.54, 1.807) is 11.8 Å². The van der Waals surface area contributed by atoms with Crippen molar-refractivity contribution in [3.63, 3.8) is 0 Å². The molecule has 0 aromatic heterocycles. The Balaban J connectivity index is 1.64. The topological polar surface area (TPSA) is 96.0 Å². The van der Waals surface area contributed by atoms with Crippen LogP contribution in [0, 0.1) is 0 Å². The molecule has 2 heterocycles. The summed E-state index contributed by atoms with van der Waals surface area (Å²) in [4.78, 5) is 28.3. The van der Waals surface area contributed by atoms with Crippen LogP contribution in [-0.2, 0) is 24.3 Å². The number of carbonyl (C=O) groups excluding carboxylic acids is 2. The van der Waals surface area contributed by atoms with Gasteiger partial charge >= 0.3 is 0 Å². The molecular weight excluding hydrogens is 437 g/mol. The number of halogens is 2. The van der Waals surface area contributed by atoms with E-state index in [0.717, 1.165) is 0 Å². The number of morpholine rings is 1. The van der Waals surface area contributed by atoms with E-state index >= 15 is 0 Å². The van der Waals surface area contributed by atoms with Crippen molar-refractivity contribution < 1.29 is 27.1 Å². The second-order valence-electron chi connectivity index (χ2n) is 7.12. The van der Waals surface area contributed by atoms with Gasteiger partial charge in [-0.05, 0) is 25.5 Å². The Labute approximate surface area is 179 Å². The van der Waals surface area contributed by atoms with Gasteiger partial charge < -0.3 is 14.5 Å². The lowest BCUT2D eigenvalue weighted by atomic mass is 10.2. The number of nitrogens with one attached hydrogen (secondary N) is 1. The van der Waals surface area contributed by atoms with Crippen molar-refractivity contribution in [3.8, 4) is 0 Å². The van der Waals surface area contributed by atoms with Crippen LogP contribution >= 0.6 is 11.6 Å². The van der Waals surface area contributed by atoms with Crippen molar-refractivity contribution in [1.82, 2.24) is 14.5 Å². The van der Waals surface area contributed by atoms with Gasteiger partial charge in [-0.25, -0.2) is 12.8 Å². The molecule has 30 heavy (non-hydrogen) atoms. The van der Waals surface area contributed by atoms with Crippen LogP contribution in [0.15, 0.2) is 29.7 Å². The van der Waals surface area contributed by atoms with Gasteiger partial charge in [0.1, 0.15) is 17.9 Å². The quantitative estimate of drug-likeness (QED) is 0.693. The van der Waals surface area contributed by atoms with Crippen molar-refractivity contribution in [2.24, 2.45) is 0 Å². The minimum atomic E-state index is -4.22. The van der Waals surface area contributed by atoms with Crippen LogP contribution in [0.3, 0.4) is 0 Å². The molecule has 0 bridgehead atoms. The van der Waals surface area contributed by atoms with E-state index in [1.807, 2.05) is 0 Å². The van der Waals surface area contributed by atoms with E-state index in [0.29, 0.717) is 36.7 Å². The fraction of sp³-hybridized carbons (Fsp3) is 0.474. The Bertz CT molecular complexity index is 932. The van der Waals surface area contributed by atoms with Crippen molar-refractivity contribution in [2.75, 3.05) is 32.8 Å². The number of ether oxygens (including phenoxy) is 1. The highest BCUT2D eigenvalue weighted by Crippen LogP contribution is 2.21. The van der Waals surface area contributed by atoms with Crippen LogP contribution in [0.4, 0.5) is 4.39 Å². The summed E-state index contributed by atoms with van der Waals surface area (Å²) in [7, 11) is -4.22. The minimum absolute atomic E-state index is 0.0499. The molecule has 8 nitrogen and oxygen atoms in total. The summed E-state index contributed by atoms with van der Waals surface area (Å²) in [6.45, 7) is 3.64. The maximum atomic E-state index is 14.3. The lowest BCUT2D eigenvalue weighted by Crippen LogP contribution is -2.52. The van der Waals surface area contributed by atoms with Gasteiger partial charge in [-0.2, -0.15) is 4.72 Å². The third-order valence-corrected chi connectivity index (χ3v) is 6.45. The van der Waals surface area contributed by atoms with Crippen molar-refractivity contribution in [1.29, 1.82) is 0 Å². The molecule has 0 spiro atoms. The Kier molecular flexibility index (Phi) is 7.12. The summed E-state index contributed by atoms with van der Waals surface area (Å²) < 4.78 is 46.4. The number of sulfonamides is 1. The van der Waals surface area contributed by atoms with Gasteiger partial charge in [0.2, 0.25) is 21.8 Å². The molecule has 2 amide bonds. The van der Waals surface area contributed by atoms with Gasteiger partial charge in [-0.3, -0.25) is 9.59 Å². The van der Waals surface area contributed by atoms with Gasteiger partial charge in [0.05, 0.1) is 18.6 Å². The minimum Gasteiger partial charge on any atom is -0.378 e. The zero-order valence-corrected chi connectivity index (χ0v) is 18.0. The summed E-state index contributed by atoms with van der Waals surface area (Å²) >= 11 is 5.74. The van der Waals surface area contributed by atoms with Crippen molar-refractivity contribution >= 4 is 39.3 Å². The summed E-state index contributed by atoms with van der Waals surface area (Å²) in [6.07, 6.45) is 0.190. The highest BCUT2D eigenvalue weighted by Gasteiger charge is 2.39. The number of hydrogen-bond acceptors (Lipinski definition) is 5. The summed E-state index contributed by atoms with van der Waals surface area (Å²) in [5, 5.41) is 0.832. The normalized spacial score (nSPS) is 21.8. The first-order valence-electron chi connectivity index (χ1n) is 9.50. The molecule has 1 aromatic carbocycles. The molecule has 3 rings (SSSR count). The Morgan fingerprint density at radius 2 is 1.90 bits per heavy atom. The number of amides is 2. The van der Waals surface area contributed by atoms with Gasteiger partial charge in [-0.1, -0.05) is 23.7 Å². The molecule has 2 fully saturated rings. The van der Waals surface area contributed by atoms with E-state index < -0.39 is 33.8 Å². The van der Waals surface area contributed by atoms with Crippen molar-refractivity contribution in [3.05, 3.63) is 40.3 Å². The van der Waals surface area contributed by atoms with Gasteiger partial charge in [0.25, 0.3) is 0 Å². The zero-order chi connectivity index (χ0) is 21.9. The van der Waals surface area contributed by atoms with Crippen LogP contribution < -0.4 is 4.72 Å². The van der Waals surface area contributed by atoms with E-state index in [-0.39, 0.29) is 24.4 Å². The second-order valence-corrected chi connectivity index (χ2v) is 9.12. The van der Waals surface area contributed by atoms with Crippen LogP contribution in [0.2, 0.25) is 5.02 Å². The molecule has 2 atom stereocenters. The lowest BCUT2D eigenvalue weighted by molar-refractivity contribution is -0.146. The largest absolute Gasteiger partial charge is 0.378 e. The maximum Gasteiger partial charge on any atom is 0.245 e. The molecule has 11 heteroatoms. The Morgan fingerprint density at radius 1 is 1.27 bits per heavy atom. The first kappa shape index (κ1) is 22.7. The van der Waals surface area contributed by atoms with E-state index in [1.165, 1.54) is 29.2 Å². The number of carbonyl (C=O) groups is 2. The highest BCUT2D eigenvalue weighted by molar-refractivity contribution is 7.92. The van der Waals surface area contributed by atoms with Crippen LogP contribution in [-0.4, -0.2) is 75.0 Å². The standard InChI is InChI=1S/C19H23ClFN3O5S/c1-13(18(25)23-8-10-29-11-9-23)24-7-6-17(19(24)26)22-30(27,28)12-16(21)14-2-4-15(20)5-3-14/h2-5,12-13,17,22H,6-11H2,1H3/b16-12-/t13-,17-/m0/s1. The number of hydrogen-bond donors (Lipinski definition) is 1. The SMILES string of the molecule is C[C@@H](C(=O)N1CCOCC1)N1CC[C@H](NS(=O)(=O)/C=C(\F)c2ccc(Cl)cc2)C1=O. The molecule has 2 aliphatic rings. The van der Waals surface area contributed by atoms with E-state index in [9.17, 15) is 22.4 Å². The molecule has 2 saturated heterocycles. The molecule has 1 N–H and O–H groups in total. The predicted octanol–water partition coefficient (Wildman–Crippen LogP) is 1.38. The summed E-state index contributed by atoms with van der Waals surface area (Å²) in [6, 6.07) is 3.82. The number of benzene rings is 1. The van der Waals surface area contributed by atoms with Crippen molar-refractivity contribution in [2.45, 2.75) is 25.4 Å². The molecule has 0 radical (unpaired) electrons. The lowest BCUT2D eigenvalue weighted by Gasteiger charge is -2.32. The Morgan fingerprint density at radius 3 is 2.53 bits per heavy atom. The molecule has 164 valence electrons. The molecule has 1 aromatic rings. The maximum absolute atomic E-state index is 14.3. The number of nitrogens with zero attached hydrogens (tertiary/aromatic N) is 2. The third kappa shape index (κ3) is 5.37. The van der Waals surface area contributed by atoms with E-state index in [2.05, 4.69) is 4.72 Å². The van der Waals surface area contributed by atoms with Crippen LogP contribution in [0.5, 0.6) is 0 Å². The third-order valence-electron chi connectivity index (χ3n) is 5.07. The number of rotatable bonds is 6.